The van der Waals surface area contributed by atoms with Crippen molar-refractivity contribution in [2.45, 2.75) is 6.04 Å². The van der Waals surface area contributed by atoms with Crippen LogP contribution in [0.2, 0.25) is 0 Å². The number of nitrogens with one attached hydrogen (secondary N) is 2. The van der Waals surface area contributed by atoms with Gasteiger partial charge in [0, 0.05) is 5.70 Å². The summed E-state index contributed by atoms with van der Waals surface area (Å²) in [5, 5.41) is 5.30. The van der Waals surface area contributed by atoms with Crippen LogP contribution in [-0.4, -0.2) is 39.4 Å². The number of amides is 2. The van der Waals surface area contributed by atoms with E-state index in [1.807, 2.05) is 30.3 Å². The highest BCUT2D eigenvalue weighted by Gasteiger charge is 2.39. The average Bonchev–Trinajstić information content (AvgIpc) is 2.76. The smallest absolute Gasteiger partial charge is 0.319 e. The Balaban J connectivity index is 1.70. The van der Waals surface area contributed by atoms with Crippen LogP contribution in [0, 0.1) is 5.92 Å². The zero-order chi connectivity index (χ0) is 21.5. The summed E-state index contributed by atoms with van der Waals surface area (Å²) in [4.78, 5) is 24.8. The van der Waals surface area contributed by atoms with E-state index in [2.05, 4.69) is 17.2 Å². The summed E-state index contributed by atoms with van der Waals surface area (Å²) in [6.07, 6.45) is 0. The maximum absolute atomic E-state index is 12.8. The molecule has 1 fully saturated rings. The van der Waals surface area contributed by atoms with Crippen LogP contribution in [-0.2, 0) is 9.53 Å². The van der Waals surface area contributed by atoms with Crippen LogP contribution < -0.4 is 24.8 Å². The second-order valence-corrected chi connectivity index (χ2v) is 6.52. The summed E-state index contributed by atoms with van der Waals surface area (Å²) in [6.45, 7) is 4.10. The minimum atomic E-state index is -0.822. The van der Waals surface area contributed by atoms with Crippen molar-refractivity contribution < 1.29 is 28.5 Å². The van der Waals surface area contributed by atoms with Crippen molar-refractivity contribution in [2.24, 2.45) is 5.92 Å². The number of methoxy groups -OCH3 is 2. The molecule has 0 aliphatic carbocycles. The summed E-state index contributed by atoms with van der Waals surface area (Å²) in [5.41, 5.74) is 0.915. The molecule has 1 heterocycles. The maximum atomic E-state index is 12.8. The van der Waals surface area contributed by atoms with Crippen molar-refractivity contribution in [1.82, 2.24) is 10.6 Å². The summed E-state index contributed by atoms with van der Waals surface area (Å²) in [7, 11) is 3.05. The number of para-hydroxylation sites is 1. The van der Waals surface area contributed by atoms with Crippen LogP contribution in [0.15, 0.2) is 60.8 Å². The molecular formula is C22H24N2O6. The third kappa shape index (κ3) is 4.83. The van der Waals surface area contributed by atoms with Crippen molar-refractivity contribution in [1.29, 1.82) is 0 Å². The molecule has 0 radical (unpaired) electrons. The van der Waals surface area contributed by atoms with Gasteiger partial charge in [-0.3, -0.25) is 4.79 Å². The van der Waals surface area contributed by atoms with Crippen molar-refractivity contribution in [2.75, 3.05) is 27.4 Å². The second kappa shape index (κ2) is 9.69. The molecule has 0 saturated carbocycles. The van der Waals surface area contributed by atoms with E-state index in [0.29, 0.717) is 22.8 Å². The van der Waals surface area contributed by atoms with Crippen molar-refractivity contribution in [3.8, 4) is 17.2 Å². The lowest BCUT2D eigenvalue weighted by atomic mass is 9.89. The van der Waals surface area contributed by atoms with Crippen LogP contribution in [0.3, 0.4) is 0 Å². The molecule has 158 valence electrons. The predicted molar refractivity (Wildman–Crippen MR) is 109 cm³/mol. The number of hydrogen-bond acceptors (Lipinski definition) is 6. The molecule has 8 heteroatoms. The highest BCUT2D eigenvalue weighted by molar-refractivity contribution is 5.85. The van der Waals surface area contributed by atoms with Crippen LogP contribution in [0.4, 0.5) is 4.79 Å². The van der Waals surface area contributed by atoms with Gasteiger partial charge in [-0.2, -0.15) is 0 Å². The minimum absolute atomic E-state index is 0.0596. The molecule has 1 saturated heterocycles. The van der Waals surface area contributed by atoms with E-state index in [1.165, 1.54) is 14.2 Å². The fourth-order valence-corrected chi connectivity index (χ4v) is 3.19. The number of ether oxygens (including phenoxy) is 4. The zero-order valence-electron chi connectivity index (χ0n) is 16.8. The van der Waals surface area contributed by atoms with E-state index < -0.39 is 24.0 Å². The van der Waals surface area contributed by atoms with E-state index in [4.69, 9.17) is 18.9 Å². The van der Waals surface area contributed by atoms with Gasteiger partial charge in [-0.1, -0.05) is 30.8 Å². The molecule has 2 amide bonds. The molecule has 1 aliphatic heterocycles. The Morgan fingerprint density at radius 3 is 2.47 bits per heavy atom. The van der Waals surface area contributed by atoms with Gasteiger partial charge in [0.25, 0.3) is 0 Å². The highest BCUT2D eigenvalue weighted by Crippen LogP contribution is 2.35. The van der Waals surface area contributed by atoms with Crippen molar-refractivity contribution in [3.63, 3.8) is 0 Å². The fourth-order valence-electron chi connectivity index (χ4n) is 3.19. The second-order valence-electron chi connectivity index (χ2n) is 6.52. The first kappa shape index (κ1) is 21.0. The Labute approximate surface area is 174 Å². The number of benzene rings is 2. The monoisotopic (exact) mass is 412 g/mol. The lowest BCUT2D eigenvalue weighted by Crippen LogP contribution is -2.51. The SMILES string of the molecule is C=C1NC(=O)N[C@@H](c2ccc(OC)c(OC)c2)[C@@H]1C(=O)OCCOc1ccccc1. The third-order valence-electron chi connectivity index (χ3n) is 4.63. The van der Waals surface area contributed by atoms with Gasteiger partial charge in [0.05, 0.1) is 20.3 Å². The van der Waals surface area contributed by atoms with Crippen molar-refractivity contribution in [3.05, 3.63) is 66.4 Å². The largest absolute Gasteiger partial charge is 0.493 e. The standard InChI is InChI=1S/C22H24N2O6/c1-14-19(21(25)30-12-11-29-16-7-5-4-6-8-16)20(24-22(26)23-14)15-9-10-17(27-2)18(13-15)28-3/h4-10,13,19-20H,1,11-12H2,2-3H3,(H2,23,24,26)/t19-,20+/m1/s1. The molecule has 2 aromatic carbocycles. The molecule has 2 atom stereocenters. The van der Waals surface area contributed by atoms with Crippen molar-refractivity contribution >= 4 is 12.0 Å². The van der Waals surface area contributed by atoms with Gasteiger partial charge in [-0.05, 0) is 29.8 Å². The molecule has 8 nitrogen and oxygen atoms in total. The van der Waals surface area contributed by atoms with Crippen LogP contribution in [0.5, 0.6) is 17.2 Å². The van der Waals surface area contributed by atoms with Crippen LogP contribution in [0.1, 0.15) is 11.6 Å². The van der Waals surface area contributed by atoms with Gasteiger partial charge in [-0.15, -0.1) is 0 Å². The summed E-state index contributed by atoms with van der Waals surface area (Å²) in [5.74, 6) is 0.364. The number of carbonyl (C=O) groups excluding carboxylic acids is 2. The third-order valence-corrected chi connectivity index (χ3v) is 4.63. The van der Waals surface area contributed by atoms with E-state index in [0.717, 1.165) is 0 Å². The molecular weight excluding hydrogens is 388 g/mol. The molecule has 0 bridgehead atoms. The van der Waals surface area contributed by atoms with Gasteiger partial charge < -0.3 is 29.6 Å². The van der Waals surface area contributed by atoms with Gasteiger partial charge in [0.2, 0.25) is 0 Å². The molecule has 0 aromatic heterocycles. The molecule has 30 heavy (non-hydrogen) atoms. The van der Waals surface area contributed by atoms with Gasteiger partial charge >= 0.3 is 12.0 Å². The first-order valence-electron chi connectivity index (χ1n) is 9.36. The summed E-state index contributed by atoms with van der Waals surface area (Å²) in [6, 6.07) is 13.3. The normalized spacial score (nSPS) is 18.1. The molecule has 2 aromatic rings. The Kier molecular flexibility index (Phi) is 6.79. The van der Waals surface area contributed by atoms with E-state index in [9.17, 15) is 9.59 Å². The van der Waals surface area contributed by atoms with E-state index in [-0.39, 0.29) is 18.9 Å². The average molecular weight is 412 g/mol. The topological polar surface area (TPSA) is 95.1 Å². The number of carbonyl (C=O) groups is 2. The molecule has 2 N–H and O–H groups in total. The molecule has 1 aliphatic rings. The molecule has 0 unspecified atom stereocenters. The molecule has 3 rings (SSSR count). The Morgan fingerprint density at radius 2 is 1.77 bits per heavy atom. The van der Waals surface area contributed by atoms with Crippen LogP contribution in [0.25, 0.3) is 0 Å². The summed E-state index contributed by atoms with van der Waals surface area (Å²) >= 11 is 0. The number of urea groups is 1. The fraction of sp³-hybridized carbons (Fsp3) is 0.273. The Hall–Kier alpha value is -3.68. The predicted octanol–water partition coefficient (Wildman–Crippen LogP) is 2.81. The summed E-state index contributed by atoms with van der Waals surface area (Å²) < 4.78 is 21.5. The number of hydrogen-bond donors (Lipinski definition) is 2. The Bertz CT molecular complexity index is 915. The van der Waals surface area contributed by atoms with E-state index in [1.54, 1.807) is 18.2 Å². The first-order valence-corrected chi connectivity index (χ1v) is 9.36. The lowest BCUT2D eigenvalue weighted by Gasteiger charge is -2.33. The number of rotatable bonds is 8. The highest BCUT2D eigenvalue weighted by atomic mass is 16.6. The quantitative estimate of drug-likeness (QED) is 0.511. The minimum Gasteiger partial charge on any atom is -0.493 e. The zero-order valence-corrected chi connectivity index (χ0v) is 16.8. The van der Waals surface area contributed by atoms with Gasteiger partial charge in [0.1, 0.15) is 24.9 Å². The van der Waals surface area contributed by atoms with E-state index >= 15 is 0 Å². The van der Waals surface area contributed by atoms with Gasteiger partial charge in [0.15, 0.2) is 11.5 Å². The Morgan fingerprint density at radius 1 is 1.03 bits per heavy atom. The molecule has 0 spiro atoms. The maximum Gasteiger partial charge on any atom is 0.319 e. The van der Waals surface area contributed by atoms with Gasteiger partial charge in [-0.25, -0.2) is 4.79 Å². The first-order chi connectivity index (χ1) is 14.5. The lowest BCUT2D eigenvalue weighted by molar-refractivity contribution is -0.149. The van der Waals surface area contributed by atoms with Crippen LogP contribution >= 0.6 is 0 Å². The number of esters is 1.